The second kappa shape index (κ2) is 13.6. The number of hydrogen-bond donors (Lipinski definition) is 4. The number of aliphatic hydroxyl groups excluding tert-OH is 1. The number of fused-ring (bicyclic) bond motifs is 2. The van der Waals surface area contributed by atoms with Crippen molar-refractivity contribution < 1.29 is 33.7 Å². The first-order valence-electron chi connectivity index (χ1n) is 14.4. The summed E-state index contributed by atoms with van der Waals surface area (Å²) < 4.78 is 17.2. The standard InChI is InChI=1S/C32H37N5O7/c1-20-16-37(21(2)18-38)30(39)14-22-13-24(33-31(40)34-25-10-12-27-28(15-25)43-19-42-27)9-11-26(22)44-29(20)17-36(3)32(41)35-23-7-5-4-6-8-23/h4-13,15,20-21,29,38H,14,16-19H2,1-3H3,(H,35,41)(H2,33,34,40)/t20-,21-,29+/m1/s1. The van der Waals surface area contributed by atoms with Gasteiger partial charge in [-0.05, 0) is 49.4 Å². The van der Waals surface area contributed by atoms with Crippen LogP contribution in [0, 0.1) is 5.92 Å². The molecule has 3 atom stereocenters. The van der Waals surface area contributed by atoms with Crippen LogP contribution < -0.4 is 30.2 Å². The zero-order chi connectivity index (χ0) is 31.2. The van der Waals surface area contributed by atoms with Crippen LogP contribution in [0.3, 0.4) is 0 Å². The topological polar surface area (TPSA) is 142 Å². The van der Waals surface area contributed by atoms with Crippen molar-refractivity contribution in [1.82, 2.24) is 9.80 Å². The number of hydrogen-bond acceptors (Lipinski definition) is 7. The molecule has 0 saturated heterocycles. The molecule has 2 aliphatic heterocycles. The van der Waals surface area contributed by atoms with E-state index in [1.807, 2.05) is 37.3 Å². The van der Waals surface area contributed by atoms with Gasteiger partial charge in [-0.1, -0.05) is 25.1 Å². The zero-order valence-electron chi connectivity index (χ0n) is 24.9. The second-order valence-electron chi connectivity index (χ2n) is 11.0. The van der Waals surface area contributed by atoms with Crippen LogP contribution in [0.4, 0.5) is 26.7 Å². The van der Waals surface area contributed by atoms with Crippen molar-refractivity contribution in [3.05, 3.63) is 72.3 Å². The number of benzene rings is 3. The number of likely N-dealkylation sites (N-methyl/N-ethyl adjacent to an activating group) is 1. The Morgan fingerprint density at radius 1 is 0.955 bits per heavy atom. The number of nitrogens with one attached hydrogen (secondary N) is 3. The van der Waals surface area contributed by atoms with Gasteiger partial charge in [0.1, 0.15) is 11.9 Å². The summed E-state index contributed by atoms with van der Waals surface area (Å²) in [5.41, 5.74) is 2.23. The van der Waals surface area contributed by atoms with Gasteiger partial charge in [0.05, 0.1) is 25.6 Å². The molecule has 3 aromatic rings. The van der Waals surface area contributed by atoms with Crippen LogP contribution in [-0.4, -0.2) is 78.6 Å². The van der Waals surface area contributed by atoms with Crippen molar-refractivity contribution in [2.75, 3.05) is 49.5 Å². The van der Waals surface area contributed by atoms with Crippen LogP contribution in [-0.2, 0) is 11.2 Å². The highest BCUT2D eigenvalue weighted by molar-refractivity contribution is 6.00. The van der Waals surface area contributed by atoms with E-state index in [4.69, 9.17) is 14.2 Å². The molecule has 5 rings (SSSR count). The molecule has 2 heterocycles. The van der Waals surface area contributed by atoms with Crippen LogP contribution in [0.15, 0.2) is 66.7 Å². The van der Waals surface area contributed by atoms with E-state index in [0.717, 1.165) is 0 Å². The Balaban J connectivity index is 1.34. The first kappa shape index (κ1) is 30.5. The average Bonchev–Trinajstić information content (AvgIpc) is 3.49. The molecule has 12 nitrogen and oxygen atoms in total. The molecule has 0 unspecified atom stereocenters. The number of amides is 5. The van der Waals surface area contributed by atoms with Crippen molar-refractivity contribution in [1.29, 1.82) is 0 Å². The quantitative estimate of drug-likeness (QED) is 0.314. The van der Waals surface area contributed by atoms with Crippen LogP contribution in [0.1, 0.15) is 19.4 Å². The summed E-state index contributed by atoms with van der Waals surface area (Å²) in [6.07, 6.45) is -0.476. The predicted molar refractivity (Wildman–Crippen MR) is 165 cm³/mol. The number of carbonyl (C=O) groups is 3. The summed E-state index contributed by atoms with van der Waals surface area (Å²) in [5, 5.41) is 18.4. The van der Waals surface area contributed by atoms with Crippen LogP contribution in [0.5, 0.6) is 17.2 Å². The summed E-state index contributed by atoms with van der Waals surface area (Å²) in [7, 11) is 1.69. The fraction of sp³-hybridized carbons (Fsp3) is 0.344. The van der Waals surface area contributed by atoms with Crippen molar-refractivity contribution in [2.24, 2.45) is 5.92 Å². The smallest absolute Gasteiger partial charge is 0.323 e. The third-order valence-corrected chi connectivity index (χ3v) is 7.63. The van der Waals surface area contributed by atoms with Crippen molar-refractivity contribution in [3.8, 4) is 17.2 Å². The molecule has 0 bridgehead atoms. The lowest BCUT2D eigenvalue weighted by Gasteiger charge is -2.34. The lowest BCUT2D eigenvalue weighted by atomic mass is 10.0. The van der Waals surface area contributed by atoms with E-state index in [-0.39, 0.29) is 44.2 Å². The minimum atomic E-state index is -0.479. The molecule has 4 N–H and O–H groups in total. The number of carbonyl (C=O) groups excluding carboxylic acids is 3. The molecule has 0 aromatic heterocycles. The van der Waals surface area contributed by atoms with E-state index in [0.29, 0.717) is 46.4 Å². The van der Waals surface area contributed by atoms with Gasteiger partial charge in [-0.3, -0.25) is 4.79 Å². The maximum Gasteiger partial charge on any atom is 0.323 e. The Morgan fingerprint density at radius 3 is 2.36 bits per heavy atom. The van der Waals surface area contributed by atoms with E-state index < -0.39 is 18.2 Å². The van der Waals surface area contributed by atoms with Crippen molar-refractivity contribution >= 4 is 35.0 Å². The Kier molecular flexibility index (Phi) is 9.39. The molecule has 0 radical (unpaired) electrons. The first-order chi connectivity index (χ1) is 21.2. The summed E-state index contributed by atoms with van der Waals surface area (Å²) in [6.45, 7) is 4.25. The maximum atomic E-state index is 13.5. The highest BCUT2D eigenvalue weighted by Crippen LogP contribution is 2.34. The van der Waals surface area contributed by atoms with E-state index in [1.165, 1.54) is 0 Å². The number of anilines is 3. The zero-order valence-corrected chi connectivity index (χ0v) is 24.9. The van der Waals surface area contributed by atoms with Crippen LogP contribution in [0.25, 0.3) is 0 Å². The molecular formula is C32H37N5O7. The third kappa shape index (κ3) is 7.32. The Labute approximate surface area is 255 Å². The highest BCUT2D eigenvalue weighted by Gasteiger charge is 2.32. The lowest BCUT2D eigenvalue weighted by molar-refractivity contribution is -0.134. The van der Waals surface area contributed by atoms with Gasteiger partial charge in [-0.2, -0.15) is 0 Å². The van der Waals surface area contributed by atoms with E-state index in [1.54, 1.807) is 60.2 Å². The second-order valence-corrected chi connectivity index (χ2v) is 11.0. The number of urea groups is 2. The fourth-order valence-corrected chi connectivity index (χ4v) is 5.09. The third-order valence-electron chi connectivity index (χ3n) is 7.63. The van der Waals surface area contributed by atoms with Gasteiger partial charge in [0.2, 0.25) is 12.7 Å². The van der Waals surface area contributed by atoms with Gasteiger partial charge in [-0.15, -0.1) is 0 Å². The number of nitrogens with zero attached hydrogens (tertiary/aromatic N) is 2. The van der Waals surface area contributed by atoms with E-state index in [9.17, 15) is 19.5 Å². The minimum Gasteiger partial charge on any atom is -0.488 e. The number of rotatable bonds is 7. The average molecular weight is 604 g/mol. The summed E-state index contributed by atoms with van der Waals surface area (Å²) in [4.78, 5) is 42.5. The Bertz CT molecular complexity index is 1500. The summed E-state index contributed by atoms with van der Waals surface area (Å²) in [6, 6.07) is 18.2. The fourth-order valence-electron chi connectivity index (χ4n) is 5.09. The summed E-state index contributed by atoms with van der Waals surface area (Å²) >= 11 is 0. The van der Waals surface area contributed by atoms with Gasteiger partial charge >= 0.3 is 12.1 Å². The molecule has 0 aliphatic carbocycles. The molecule has 0 spiro atoms. The molecule has 232 valence electrons. The molecule has 2 aliphatic rings. The van der Waals surface area contributed by atoms with Gasteiger partial charge in [0.15, 0.2) is 11.5 Å². The van der Waals surface area contributed by atoms with E-state index >= 15 is 0 Å². The van der Waals surface area contributed by atoms with Gasteiger partial charge in [0, 0.05) is 48.2 Å². The highest BCUT2D eigenvalue weighted by atomic mass is 16.7. The number of aliphatic hydroxyl groups is 1. The molecule has 0 saturated carbocycles. The van der Waals surface area contributed by atoms with Crippen molar-refractivity contribution in [2.45, 2.75) is 32.4 Å². The molecule has 5 amide bonds. The monoisotopic (exact) mass is 603 g/mol. The SMILES string of the molecule is C[C@@H]1CN([C@H](C)CO)C(=O)Cc2cc(NC(=O)Nc3ccc4c(c3)OCO4)ccc2O[C@H]1CN(C)C(=O)Nc1ccccc1. The Hall–Kier alpha value is -4.97. The largest absolute Gasteiger partial charge is 0.488 e. The normalized spacial score (nSPS) is 18.1. The maximum absolute atomic E-state index is 13.5. The molecule has 0 fully saturated rings. The number of para-hydroxylation sites is 1. The van der Waals surface area contributed by atoms with Gasteiger partial charge in [-0.25, -0.2) is 9.59 Å². The van der Waals surface area contributed by atoms with Crippen LogP contribution >= 0.6 is 0 Å². The molecule has 12 heteroatoms. The minimum absolute atomic E-state index is 0.00272. The molecular weight excluding hydrogens is 566 g/mol. The summed E-state index contributed by atoms with van der Waals surface area (Å²) in [5.74, 6) is 1.27. The van der Waals surface area contributed by atoms with Crippen molar-refractivity contribution in [3.63, 3.8) is 0 Å². The first-order valence-corrected chi connectivity index (χ1v) is 14.4. The Morgan fingerprint density at radius 2 is 1.64 bits per heavy atom. The molecule has 3 aromatic carbocycles. The molecule has 44 heavy (non-hydrogen) atoms. The van der Waals surface area contributed by atoms with Gasteiger partial charge in [0.25, 0.3) is 0 Å². The van der Waals surface area contributed by atoms with E-state index in [2.05, 4.69) is 16.0 Å². The van der Waals surface area contributed by atoms with Gasteiger partial charge < -0.3 is 45.1 Å². The predicted octanol–water partition coefficient (Wildman–Crippen LogP) is 4.37. The number of ether oxygens (including phenoxy) is 3. The lowest BCUT2D eigenvalue weighted by Crippen LogP contribution is -2.48. The van der Waals surface area contributed by atoms with Crippen LogP contribution in [0.2, 0.25) is 0 Å².